The minimum atomic E-state index is -0.825. The molecule has 10 heteroatoms. The first-order chi connectivity index (χ1) is 20.6. The van der Waals surface area contributed by atoms with E-state index in [1.54, 1.807) is 23.7 Å². The summed E-state index contributed by atoms with van der Waals surface area (Å²) in [7, 11) is 1.86. The monoisotopic (exact) mass is 606 g/mol. The van der Waals surface area contributed by atoms with Gasteiger partial charge in [-0.05, 0) is 67.5 Å². The normalized spacial score (nSPS) is 18.0. The number of carbonyl (C=O) groups excluding carboxylic acids is 3. The maximum atomic E-state index is 13.5. The lowest BCUT2D eigenvalue weighted by Crippen LogP contribution is -2.55. The molecule has 230 valence electrons. The third-order valence-electron chi connectivity index (χ3n) is 7.85. The molecule has 1 heterocycles. The van der Waals surface area contributed by atoms with Gasteiger partial charge in [0.25, 0.3) is 5.91 Å². The number of carbonyl (C=O) groups is 3. The molecule has 1 aromatic heterocycles. The Kier molecular flexibility index (Phi) is 11.2. The van der Waals surface area contributed by atoms with Crippen molar-refractivity contribution >= 4 is 35.1 Å². The Morgan fingerprint density at radius 1 is 0.977 bits per heavy atom. The van der Waals surface area contributed by atoms with E-state index in [0.29, 0.717) is 23.6 Å². The molecule has 1 saturated carbocycles. The lowest BCUT2D eigenvalue weighted by atomic mass is 9.80. The topological polar surface area (TPSA) is 117 Å². The molecule has 0 radical (unpaired) electrons. The lowest BCUT2D eigenvalue weighted by Gasteiger charge is -2.34. The molecule has 0 bridgehead atoms. The minimum Gasteiger partial charge on any atom is -0.365 e. The van der Waals surface area contributed by atoms with Crippen LogP contribution in [0.25, 0.3) is 0 Å². The molecule has 2 aromatic carbocycles. The van der Waals surface area contributed by atoms with Crippen molar-refractivity contribution in [1.82, 2.24) is 25.7 Å². The number of anilines is 1. The highest BCUT2D eigenvalue weighted by Crippen LogP contribution is 2.34. The highest BCUT2D eigenvalue weighted by molar-refractivity contribution is 6.30. The number of hydrogen-bond donors (Lipinski definition) is 4. The third-order valence-corrected chi connectivity index (χ3v) is 8.09. The largest absolute Gasteiger partial charge is 0.365 e. The Balaban J connectivity index is 1.33. The fourth-order valence-electron chi connectivity index (χ4n) is 5.54. The van der Waals surface area contributed by atoms with Crippen LogP contribution < -0.4 is 21.3 Å². The molecule has 1 fully saturated rings. The molecule has 4 rings (SSSR count). The van der Waals surface area contributed by atoms with Gasteiger partial charge in [-0.15, -0.1) is 0 Å². The second-order valence-corrected chi connectivity index (χ2v) is 12.3. The van der Waals surface area contributed by atoms with Gasteiger partial charge in [0, 0.05) is 48.4 Å². The van der Waals surface area contributed by atoms with Crippen LogP contribution in [0.4, 0.5) is 5.82 Å². The summed E-state index contributed by atoms with van der Waals surface area (Å²) >= 11 is 6.26. The van der Waals surface area contributed by atoms with Gasteiger partial charge in [-0.3, -0.25) is 19.1 Å². The summed E-state index contributed by atoms with van der Waals surface area (Å²) in [5.41, 5.74) is 2.56. The van der Waals surface area contributed by atoms with Crippen LogP contribution in [0, 0.1) is 5.92 Å². The Labute approximate surface area is 259 Å². The van der Waals surface area contributed by atoms with Crippen molar-refractivity contribution in [2.75, 3.05) is 5.32 Å². The molecule has 1 aliphatic rings. The summed E-state index contributed by atoms with van der Waals surface area (Å²) < 4.78 is 1.72. The van der Waals surface area contributed by atoms with Gasteiger partial charge < -0.3 is 21.3 Å². The van der Waals surface area contributed by atoms with E-state index in [0.717, 1.165) is 42.6 Å². The van der Waals surface area contributed by atoms with Crippen molar-refractivity contribution in [1.29, 1.82) is 0 Å². The van der Waals surface area contributed by atoms with E-state index in [4.69, 9.17) is 11.6 Å². The van der Waals surface area contributed by atoms with E-state index < -0.39 is 18.0 Å². The Morgan fingerprint density at radius 3 is 2.40 bits per heavy atom. The molecule has 0 aliphatic heterocycles. The maximum Gasteiger partial charge on any atom is 0.251 e. The van der Waals surface area contributed by atoms with Crippen LogP contribution in [0.5, 0.6) is 0 Å². The predicted octanol–water partition coefficient (Wildman–Crippen LogP) is 5.18. The molecule has 9 nitrogen and oxygen atoms in total. The molecular weight excluding hydrogens is 564 g/mol. The van der Waals surface area contributed by atoms with E-state index in [9.17, 15) is 14.4 Å². The molecule has 0 unspecified atom stereocenters. The lowest BCUT2D eigenvalue weighted by molar-refractivity contribution is -0.130. The number of rotatable bonds is 12. The number of aryl methyl sites for hydroxylation is 1. The van der Waals surface area contributed by atoms with Gasteiger partial charge >= 0.3 is 0 Å². The van der Waals surface area contributed by atoms with Crippen LogP contribution in [0.1, 0.15) is 80.3 Å². The van der Waals surface area contributed by atoms with Crippen LogP contribution in [-0.4, -0.2) is 45.6 Å². The number of hydrogen-bond acceptors (Lipinski definition) is 5. The zero-order valence-electron chi connectivity index (χ0n) is 25.4. The van der Waals surface area contributed by atoms with E-state index in [2.05, 4.69) is 32.4 Å². The molecule has 1 aliphatic carbocycles. The van der Waals surface area contributed by atoms with Gasteiger partial charge in [-0.25, -0.2) is 0 Å². The van der Waals surface area contributed by atoms with Crippen LogP contribution in [0.3, 0.4) is 0 Å². The van der Waals surface area contributed by atoms with E-state index in [1.165, 1.54) is 0 Å². The van der Waals surface area contributed by atoms with Gasteiger partial charge in [-0.1, -0.05) is 62.6 Å². The van der Waals surface area contributed by atoms with Crippen LogP contribution >= 0.6 is 11.6 Å². The van der Waals surface area contributed by atoms with Gasteiger partial charge in [0.15, 0.2) is 0 Å². The zero-order valence-corrected chi connectivity index (χ0v) is 26.2. The number of aromatic nitrogens is 2. The molecule has 4 atom stereocenters. The molecule has 0 saturated heterocycles. The average molecular weight is 607 g/mol. The summed E-state index contributed by atoms with van der Waals surface area (Å²) in [5.74, 6) is 0.162. The third kappa shape index (κ3) is 9.32. The smallest absolute Gasteiger partial charge is 0.251 e. The number of nitrogens with zero attached hydrogens (tertiary/aromatic N) is 2. The number of benzene rings is 2. The standard InChI is InChI=1S/C33H43ClN6O3/c1-21(2)18-29(33(43)37-28-11-6-5-10-27(28)25-8-7-9-26(34)19-25)38-31(41)22(3)36-32(42)24-14-12-23(13-15-24)20-35-30-16-17-40(4)39-30/h7-9,12-17,19,21-22,27-29H,5-6,10-11,18,20H2,1-4H3,(H,35,39)(H,36,42)(H,37,43)(H,38,41)/t22-,27-,28+,29-/m0/s1. The molecule has 3 aromatic rings. The average Bonchev–Trinajstić information content (AvgIpc) is 3.40. The molecule has 0 spiro atoms. The maximum absolute atomic E-state index is 13.5. The molecule has 3 amide bonds. The number of halogens is 1. The SMILES string of the molecule is CC(C)C[C@H](NC(=O)[C@H](C)NC(=O)c1ccc(CNc2ccn(C)n2)cc1)C(=O)N[C@@H]1CCCC[C@H]1c1cccc(Cl)c1. The van der Waals surface area contributed by atoms with Crippen molar-refractivity contribution in [3.8, 4) is 0 Å². The van der Waals surface area contributed by atoms with E-state index in [1.807, 2.05) is 63.5 Å². The highest BCUT2D eigenvalue weighted by Gasteiger charge is 2.32. The van der Waals surface area contributed by atoms with Crippen molar-refractivity contribution in [3.05, 3.63) is 82.5 Å². The quantitative estimate of drug-likeness (QED) is 0.227. The number of amides is 3. The van der Waals surface area contributed by atoms with Crippen LogP contribution in [0.2, 0.25) is 5.02 Å². The second-order valence-electron chi connectivity index (χ2n) is 11.9. The van der Waals surface area contributed by atoms with Gasteiger partial charge in [-0.2, -0.15) is 5.10 Å². The molecule has 43 heavy (non-hydrogen) atoms. The summed E-state index contributed by atoms with van der Waals surface area (Å²) in [5, 5.41) is 17.1. The second kappa shape index (κ2) is 15.0. The summed E-state index contributed by atoms with van der Waals surface area (Å²) in [6.07, 6.45) is 6.32. The highest BCUT2D eigenvalue weighted by atomic mass is 35.5. The van der Waals surface area contributed by atoms with Gasteiger partial charge in [0.1, 0.15) is 17.9 Å². The van der Waals surface area contributed by atoms with E-state index >= 15 is 0 Å². The number of nitrogens with one attached hydrogen (secondary N) is 4. The first-order valence-corrected chi connectivity index (χ1v) is 15.5. The zero-order chi connectivity index (χ0) is 30.9. The summed E-state index contributed by atoms with van der Waals surface area (Å²) in [6.45, 7) is 6.22. The van der Waals surface area contributed by atoms with Crippen LogP contribution in [0.15, 0.2) is 60.8 Å². The van der Waals surface area contributed by atoms with Crippen molar-refractivity contribution in [2.45, 2.75) is 83.5 Å². The Morgan fingerprint density at radius 2 is 1.72 bits per heavy atom. The van der Waals surface area contributed by atoms with Crippen molar-refractivity contribution in [3.63, 3.8) is 0 Å². The van der Waals surface area contributed by atoms with Gasteiger partial charge in [0.05, 0.1) is 0 Å². The van der Waals surface area contributed by atoms with Crippen molar-refractivity contribution < 1.29 is 14.4 Å². The summed E-state index contributed by atoms with van der Waals surface area (Å²) in [4.78, 5) is 39.6. The molecule has 4 N–H and O–H groups in total. The first kappa shape index (κ1) is 32.1. The predicted molar refractivity (Wildman–Crippen MR) is 170 cm³/mol. The van der Waals surface area contributed by atoms with Crippen LogP contribution in [-0.2, 0) is 23.2 Å². The fraction of sp³-hybridized carbons (Fsp3) is 0.455. The van der Waals surface area contributed by atoms with Gasteiger partial charge in [0.2, 0.25) is 11.8 Å². The summed E-state index contributed by atoms with van der Waals surface area (Å²) in [6, 6.07) is 15.3. The minimum absolute atomic E-state index is 0.0365. The Bertz CT molecular complexity index is 1390. The van der Waals surface area contributed by atoms with E-state index in [-0.39, 0.29) is 29.7 Å². The fourth-order valence-corrected chi connectivity index (χ4v) is 5.74. The Hall–Kier alpha value is -3.85. The van der Waals surface area contributed by atoms with Crippen molar-refractivity contribution in [2.24, 2.45) is 13.0 Å². The molecular formula is C33H43ClN6O3. The first-order valence-electron chi connectivity index (χ1n) is 15.1.